The van der Waals surface area contributed by atoms with Crippen LogP contribution in [0.15, 0.2) is 89.4 Å². The summed E-state index contributed by atoms with van der Waals surface area (Å²) in [4.78, 5) is 0. The topological polar surface area (TPSA) is 18.1 Å². The lowest BCUT2D eigenvalue weighted by molar-refractivity contribution is 0.546. The van der Waals surface area contributed by atoms with E-state index in [2.05, 4.69) is 109 Å². The van der Waals surface area contributed by atoms with Crippen molar-refractivity contribution < 1.29 is 4.42 Å². The first kappa shape index (κ1) is 19.3. The molecule has 0 bridgehead atoms. The molecule has 0 aliphatic heterocycles. The van der Waals surface area contributed by atoms with Crippen LogP contribution >= 0.6 is 0 Å². The van der Waals surface area contributed by atoms with Crippen LogP contribution in [0.4, 0.5) is 0 Å². The number of hydrogen-bond acceptors (Lipinski definition) is 1. The standard InChI is InChI=1S/C33H25NO/c1-33(2)26-12-6-3-11-24(26)31-27(33)17-16-23-21-9-4-7-13-28(21)34(32(23)31)20-15-18-30-25(19-20)22-10-5-8-14-29(22)35-30/h3-7,9-13,15-19H,8,14H2,1-2H3. The number of nitrogens with zero attached hydrogens (tertiary/aromatic N) is 1. The summed E-state index contributed by atoms with van der Waals surface area (Å²) >= 11 is 0. The van der Waals surface area contributed by atoms with Crippen LogP contribution in [-0.4, -0.2) is 4.57 Å². The first-order valence-electron chi connectivity index (χ1n) is 12.5. The molecule has 0 N–H and O–H groups in total. The second kappa shape index (κ2) is 6.55. The summed E-state index contributed by atoms with van der Waals surface area (Å²) in [5.41, 5.74) is 11.4. The predicted molar refractivity (Wildman–Crippen MR) is 145 cm³/mol. The molecule has 2 nitrogen and oxygen atoms in total. The second-order valence-electron chi connectivity index (χ2n) is 10.5. The van der Waals surface area contributed by atoms with Crippen molar-refractivity contribution in [3.8, 4) is 16.8 Å². The molecule has 35 heavy (non-hydrogen) atoms. The van der Waals surface area contributed by atoms with E-state index in [9.17, 15) is 0 Å². The molecule has 0 unspecified atom stereocenters. The van der Waals surface area contributed by atoms with Gasteiger partial charge < -0.3 is 8.98 Å². The monoisotopic (exact) mass is 451 g/mol. The normalized spacial score (nSPS) is 15.6. The Labute approximate surface area is 204 Å². The number of furan rings is 1. The van der Waals surface area contributed by atoms with Crippen molar-refractivity contribution >= 4 is 38.9 Å². The summed E-state index contributed by atoms with van der Waals surface area (Å²) < 4.78 is 8.70. The highest BCUT2D eigenvalue weighted by atomic mass is 16.3. The Bertz CT molecular complexity index is 1870. The molecule has 0 saturated heterocycles. The third-order valence-corrected chi connectivity index (χ3v) is 8.25. The zero-order valence-electron chi connectivity index (χ0n) is 19.9. The first-order valence-corrected chi connectivity index (χ1v) is 12.5. The van der Waals surface area contributed by atoms with E-state index in [1.807, 2.05) is 0 Å². The Morgan fingerprint density at radius 1 is 0.800 bits per heavy atom. The molecule has 0 radical (unpaired) electrons. The maximum Gasteiger partial charge on any atom is 0.135 e. The maximum atomic E-state index is 6.23. The minimum Gasteiger partial charge on any atom is -0.460 e. The van der Waals surface area contributed by atoms with Crippen LogP contribution in [0.2, 0.25) is 0 Å². The quantitative estimate of drug-likeness (QED) is 0.244. The first-order chi connectivity index (χ1) is 17.1. The molecule has 2 heterocycles. The van der Waals surface area contributed by atoms with Gasteiger partial charge in [0.15, 0.2) is 0 Å². The van der Waals surface area contributed by atoms with Gasteiger partial charge in [-0.05, 0) is 47.4 Å². The highest BCUT2D eigenvalue weighted by Crippen LogP contribution is 2.52. The van der Waals surface area contributed by atoms with Crippen molar-refractivity contribution in [1.29, 1.82) is 0 Å². The van der Waals surface area contributed by atoms with Crippen LogP contribution in [0.1, 0.15) is 42.7 Å². The lowest BCUT2D eigenvalue weighted by Crippen LogP contribution is -2.14. The number of hydrogen-bond donors (Lipinski definition) is 0. The van der Waals surface area contributed by atoms with Gasteiger partial charge in [-0.25, -0.2) is 0 Å². The summed E-state index contributed by atoms with van der Waals surface area (Å²) in [6, 6.07) is 29.1. The predicted octanol–water partition coefficient (Wildman–Crippen LogP) is 8.80. The van der Waals surface area contributed by atoms with Gasteiger partial charge in [-0.1, -0.05) is 80.6 Å². The van der Waals surface area contributed by atoms with E-state index < -0.39 is 0 Å². The fourth-order valence-corrected chi connectivity index (χ4v) is 6.59. The SMILES string of the molecule is CC1(C)c2ccccc2-c2c1ccc1c3ccccc3n(-c3ccc4oc5c(c4c3)C=CCC5)c21. The van der Waals surface area contributed by atoms with Crippen LogP contribution in [0.3, 0.4) is 0 Å². The molecular weight excluding hydrogens is 426 g/mol. The van der Waals surface area contributed by atoms with Gasteiger partial charge in [0.05, 0.1) is 11.0 Å². The number of fused-ring (bicyclic) bond motifs is 10. The minimum absolute atomic E-state index is 0.0280. The highest BCUT2D eigenvalue weighted by Gasteiger charge is 2.37. The van der Waals surface area contributed by atoms with Crippen molar-refractivity contribution in [2.75, 3.05) is 0 Å². The number of rotatable bonds is 1. The van der Waals surface area contributed by atoms with Crippen LogP contribution < -0.4 is 0 Å². The Hall–Kier alpha value is -4.04. The lowest BCUT2D eigenvalue weighted by Gasteiger charge is -2.21. The summed E-state index contributed by atoms with van der Waals surface area (Å²) in [6.07, 6.45) is 6.52. The molecule has 0 atom stereocenters. The molecule has 0 fully saturated rings. The van der Waals surface area contributed by atoms with Gasteiger partial charge in [0.25, 0.3) is 0 Å². The lowest BCUT2D eigenvalue weighted by atomic mass is 9.82. The van der Waals surface area contributed by atoms with E-state index in [0.29, 0.717) is 0 Å². The fourth-order valence-electron chi connectivity index (χ4n) is 6.59. The van der Waals surface area contributed by atoms with Crippen molar-refractivity contribution in [3.63, 3.8) is 0 Å². The van der Waals surface area contributed by atoms with Gasteiger partial charge in [0.1, 0.15) is 11.3 Å². The average molecular weight is 452 g/mol. The van der Waals surface area contributed by atoms with Crippen LogP contribution in [0.25, 0.3) is 55.7 Å². The number of para-hydroxylation sites is 1. The number of aromatic nitrogens is 1. The molecule has 2 aromatic heterocycles. The van der Waals surface area contributed by atoms with E-state index in [1.165, 1.54) is 60.7 Å². The maximum absolute atomic E-state index is 6.23. The Morgan fingerprint density at radius 3 is 2.60 bits per heavy atom. The van der Waals surface area contributed by atoms with Crippen molar-refractivity contribution in [3.05, 3.63) is 107 Å². The molecule has 6 aromatic rings. The molecule has 2 aliphatic carbocycles. The van der Waals surface area contributed by atoms with E-state index >= 15 is 0 Å². The van der Waals surface area contributed by atoms with Gasteiger partial charge in [0, 0.05) is 44.8 Å². The molecule has 4 aromatic carbocycles. The molecule has 0 saturated carbocycles. The Kier molecular flexibility index (Phi) is 3.61. The van der Waals surface area contributed by atoms with Gasteiger partial charge in [-0.3, -0.25) is 0 Å². The van der Waals surface area contributed by atoms with Crippen LogP contribution in [0.5, 0.6) is 0 Å². The number of allylic oxidation sites excluding steroid dienone is 1. The van der Waals surface area contributed by atoms with E-state index in [-0.39, 0.29) is 5.41 Å². The Balaban J connectivity index is 1.54. The Morgan fingerprint density at radius 2 is 1.66 bits per heavy atom. The molecule has 0 amide bonds. The van der Waals surface area contributed by atoms with Gasteiger partial charge in [0.2, 0.25) is 0 Å². The molecule has 168 valence electrons. The summed E-state index contributed by atoms with van der Waals surface area (Å²) in [5.74, 6) is 1.11. The van der Waals surface area contributed by atoms with Gasteiger partial charge in [-0.2, -0.15) is 0 Å². The van der Waals surface area contributed by atoms with Gasteiger partial charge in [-0.15, -0.1) is 0 Å². The number of benzene rings is 4. The smallest absolute Gasteiger partial charge is 0.135 e. The summed E-state index contributed by atoms with van der Waals surface area (Å²) in [5, 5.41) is 3.80. The molecule has 2 heteroatoms. The fraction of sp³-hybridized carbons (Fsp3) is 0.152. The molecular formula is C33H25NO. The van der Waals surface area contributed by atoms with Crippen molar-refractivity contribution in [2.45, 2.75) is 32.1 Å². The average Bonchev–Trinajstić information content (AvgIpc) is 3.50. The van der Waals surface area contributed by atoms with Gasteiger partial charge >= 0.3 is 0 Å². The molecule has 2 aliphatic rings. The zero-order valence-corrected chi connectivity index (χ0v) is 19.9. The second-order valence-corrected chi connectivity index (χ2v) is 10.5. The third-order valence-electron chi connectivity index (χ3n) is 8.25. The highest BCUT2D eigenvalue weighted by molar-refractivity contribution is 6.15. The largest absolute Gasteiger partial charge is 0.460 e. The summed E-state index contributed by atoms with van der Waals surface area (Å²) in [7, 11) is 0. The zero-order chi connectivity index (χ0) is 23.3. The van der Waals surface area contributed by atoms with Crippen molar-refractivity contribution in [1.82, 2.24) is 4.57 Å². The minimum atomic E-state index is -0.0280. The third kappa shape index (κ3) is 2.39. The van der Waals surface area contributed by atoms with E-state index in [4.69, 9.17) is 4.42 Å². The van der Waals surface area contributed by atoms with Crippen LogP contribution in [0, 0.1) is 0 Å². The summed E-state index contributed by atoms with van der Waals surface area (Å²) in [6.45, 7) is 4.71. The molecule has 8 rings (SSSR count). The molecule has 0 spiro atoms. The van der Waals surface area contributed by atoms with Crippen molar-refractivity contribution in [2.24, 2.45) is 0 Å². The van der Waals surface area contributed by atoms with Crippen LogP contribution in [-0.2, 0) is 11.8 Å². The van der Waals surface area contributed by atoms with E-state index in [1.54, 1.807) is 0 Å². The van der Waals surface area contributed by atoms with E-state index in [0.717, 1.165) is 24.2 Å². The number of aryl methyl sites for hydroxylation is 1.